The first-order chi connectivity index (χ1) is 8.65. The third-order valence-corrected chi connectivity index (χ3v) is 2.30. The van der Waals surface area contributed by atoms with Crippen molar-refractivity contribution < 1.29 is 8.78 Å². The maximum atomic E-state index is 12.2. The lowest BCUT2D eigenvalue weighted by atomic mass is 10.2. The van der Waals surface area contributed by atoms with Gasteiger partial charge in [-0.25, -0.2) is 8.78 Å². The van der Waals surface area contributed by atoms with Gasteiger partial charge in [-0.05, 0) is 35.4 Å². The van der Waals surface area contributed by atoms with Gasteiger partial charge in [-0.1, -0.05) is 24.3 Å². The van der Waals surface area contributed by atoms with Crippen molar-refractivity contribution >= 4 is 0 Å². The van der Waals surface area contributed by atoms with Crippen molar-refractivity contribution in [3.63, 3.8) is 0 Å². The first kappa shape index (κ1) is 14.3. The average molecular weight is 250 g/mol. The second-order valence-electron chi connectivity index (χ2n) is 3.66. The highest BCUT2D eigenvalue weighted by atomic mass is 19.1. The summed E-state index contributed by atoms with van der Waals surface area (Å²) in [5, 5.41) is 0. The Morgan fingerprint density at radius 1 is 0.611 bits per heavy atom. The lowest BCUT2D eigenvalue weighted by Gasteiger charge is -1.92. The first-order valence-electron chi connectivity index (χ1n) is 5.54. The second kappa shape index (κ2) is 7.53. The van der Waals surface area contributed by atoms with Crippen LogP contribution in [0.15, 0.2) is 48.5 Å². The van der Waals surface area contributed by atoms with E-state index in [4.69, 9.17) is 11.5 Å². The molecule has 0 aliphatic rings. The van der Waals surface area contributed by atoms with Crippen LogP contribution in [0.25, 0.3) is 0 Å². The molecule has 0 bridgehead atoms. The Kier molecular flexibility index (Phi) is 5.97. The fourth-order valence-electron chi connectivity index (χ4n) is 1.24. The maximum Gasteiger partial charge on any atom is 0.123 e. The average Bonchev–Trinajstić information content (AvgIpc) is 2.41. The standard InChI is InChI=1S/2C7H8FN/c2*8-7-3-1-6(5-9)2-4-7/h2*1-4H,5,9H2. The topological polar surface area (TPSA) is 52.0 Å². The van der Waals surface area contributed by atoms with Gasteiger partial charge in [-0.2, -0.15) is 0 Å². The Balaban J connectivity index is 0.000000180. The molecule has 0 heterocycles. The number of hydrogen-bond donors (Lipinski definition) is 2. The minimum atomic E-state index is -0.216. The van der Waals surface area contributed by atoms with Crippen LogP contribution < -0.4 is 11.5 Å². The molecule has 0 radical (unpaired) electrons. The van der Waals surface area contributed by atoms with Crippen molar-refractivity contribution in [2.45, 2.75) is 13.1 Å². The first-order valence-corrected chi connectivity index (χ1v) is 5.54. The Labute approximate surface area is 105 Å². The van der Waals surface area contributed by atoms with Crippen molar-refractivity contribution in [1.29, 1.82) is 0 Å². The Hall–Kier alpha value is -1.78. The van der Waals surface area contributed by atoms with E-state index in [2.05, 4.69) is 0 Å². The van der Waals surface area contributed by atoms with Gasteiger partial charge < -0.3 is 11.5 Å². The molecule has 0 unspecified atom stereocenters. The molecule has 4 heteroatoms. The highest BCUT2D eigenvalue weighted by molar-refractivity contribution is 5.15. The van der Waals surface area contributed by atoms with Crippen molar-refractivity contribution in [3.8, 4) is 0 Å². The van der Waals surface area contributed by atoms with E-state index in [1.807, 2.05) is 0 Å². The van der Waals surface area contributed by atoms with Crippen molar-refractivity contribution in [2.24, 2.45) is 11.5 Å². The van der Waals surface area contributed by atoms with Gasteiger partial charge >= 0.3 is 0 Å². The summed E-state index contributed by atoms with van der Waals surface area (Å²) in [5.41, 5.74) is 12.5. The smallest absolute Gasteiger partial charge is 0.123 e. The van der Waals surface area contributed by atoms with E-state index >= 15 is 0 Å². The summed E-state index contributed by atoms with van der Waals surface area (Å²) in [5.74, 6) is -0.431. The van der Waals surface area contributed by atoms with Crippen molar-refractivity contribution in [1.82, 2.24) is 0 Å². The van der Waals surface area contributed by atoms with Crippen LogP contribution in [-0.4, -0.2) is 0 Å². The van der Waals surface area contributed by atoms with Crippen LogP contribution in [0.3, 0.4) is 0 Å². The van der Waals surface area contributed by atoms with E-state index < -0.39 is 0 Å². The summed E-state index contributed by atoms with van der Waals surface area (Å²) in [4.78, 5) is 0. The Morgan fingerprint density at radius 3 is 1.11 bits per heavy atom. The fourth-order valence-corrected chi connectivity index (χ4v) is 1.24. The monoisotopic (exact) mass is 250 g/mol. The lowest BCUT2D eigenvalue weighted by Crippen LogP contribution is -1.94. The largest absolute Gasteiger partial charge is 0.326 e. The molecule has 0 aliphatic heterocycles. The number of benzene rings is 2. The van der Waals surface area contributed by atoms with E-state index in [0.29, 0.717) is 13.1 Å². The molecule has 0 aromatic heterocycles. The molecular formula is C14H16F2N2. The molecule has 2 nitrogen and oxygen atoms in total. The van der Waals surface area contributed by atoms with Gasteiger partial charge in [-0.15, -0.1) is 0 Å². The summed E-state index contributed by atoms with van der Waals surface area (Å²) in [6.07, 6.45) is 0. The molecule has 4 N–H and O–H groups in total. The highest BCUT2D eigenvalue weighted by Crippen LogP contribution is 2.00. The molecule has 0 spiro atoms. The van der Waals surface area contributed by atoms with Gasteiger partial charge in [0.2, 0.25) is 0 Å². The highest BCUT2D eigenvalue weighted by Gasteiger charge is 1.88. The second-order valence-corrected chi connectivity index (χ2v) is 3.66. The summed E-state index contributed by atoms with van der Waals surface area (Å²) in [7, 11) is 0. The number of nitrogens with two attached hydrogens (primary N) is 2. The van der Waals surface area contributed by atoms with Crippen molar-refractivity contribution in [2.75, 3.05) is 0 Å². The van der Waals surface area contributed by atoms with Gasteiger partial charge in [0.25, 0.3) is 0 Å². The molecule has 0 aliphatic carbocycles. The van der Waals surface area contributed by atoms with E-state index in [0.717, 1.165) is 11.1 Å². The van der Waals surface area contributed by atoms with Gasteiger partial charge in [0.15, 0.2) is 0 Å². The lowest BCUT2D eigenvalue weighted by molar-refractivity contribution is 0.626. The molecule has 2 aromatic carbocycles. The molecule has 2 aromatic rings. The molecule has 0 amide bonds. The Morgan fingerprint density at radius 2 is 0.889 bits per heavy atom. The van der Waals surface area contributed by atoms with Crippen LogP contribution >= 0.6 is 0 Å². The summed E-state index contributed by atoms with van der Waals surface area (Å²) >= 11 is 0. The quantitative estimate of drug-likeness (QED) is 0.860. The van der Waals surface area contributed by atoms with Crippen LogP contribution in [0, 0.1) is 11.6 Å². The molecule has 0 fully saturated rings. The molecule has 0 atom stereocenters. The third-order valence-electron chi connectivity index (χ3n) is 2.30. The van der Waals surface area contributed by atoms with E-state index in [-0.39, 0.29) is 11.6 Å². The van der Waals surface area contributed by atoms with Crippen LogP contribution in [0.2, 0.25) is 0 Å². The fraction of sp³-hybridized carbons (Fsp3) is 0.143. The molecular weight excluding hydrogens is 234 g/mol. The van der Waals surface area contributed by atoms with Gasteiger partial charge in [0.1, 0.15) is 11.6 Å². The van der Waals surface area contributed by atoms with Gasteiger partial charge in [0, 0.05) is 13.1 Å². The van der Waals surface area contributed by atoms with Crippen LogP contribution in [0.5, 0.6) is 0 Å². The summed E-state index contributed by atoms with van der Waals surface area (Å²) < 4.78 is 24.4. The summed E-state index contributed by atoms with van der Waals surface area (Å²) in [6.45, 7) is 0.945. The molecule has 96 valence electrons. The maximum absolute atomic E-state index is 12.2. The summed E-state index contributed by atoms with van der Waals surface area (Å²) in [6, 6.07) is 12.3. The van der Waals surface area contributed by atoms with Gasteiger partial charge in [-0.3, -0.25) is 0 Å². The predicted molar refractivity (Wildman–Crippen MR) is 68.6 cm³/mol. The van der Waals surface area contributed by atoms with Crippen LogP contribution in [-0.2, 0) is 13.1 Å². The zero-order valence-corrected chi connectivity index (χ0v) is 9.94. The SMILES string of the molecule is NCc1ccc(F)cc1.NCc1ccc(F)cc1. The molecule has 0 saturated heterocycles. The van der Waals surface area contributed by atoms with E-state index in [9.17, 15) is 8.78 Å². The predicted octanol–water partition coefficient (Wildman–Crippen LogP) is 2.57. The Bertz CT molecular complexity index is 407. The minimum absolute atomic E-state index is 0.216. The number of hydrogen-bond acceptors (Lipinski definition) is 2. The normalized spacial score (nSPS) is 9.56. The van der Waals surface area contributed by atoms with E-state index in [1.165, 1.54) is 24.3 Å². The van der Waals surface area contributed by atoms with E-state index in [1.54, 1.807) is 24.3 Å². The zero-order chi connectivity index (χ0) is 13.4. The third kappa shape index (κ3) is 5.03. The molecule has 2 rings (SSSR count). The van der Waals surface area contributed by atoms with Crippen molar-refractivity contribution in [3.05, 3.63) is 71.3 Å². The number of halogens is 2. The molecule has 0 saturated carbocycles. The zero-order valence-electron chi connectivity index (χ0n) is 9.94. The van der Waals surface area contributed by atoms with Crippen LogP contribution in [0.1, 0.15) is 11.1 Å². The minimum Gasteiger partial charge on any atom is -0.326 e. The molecule has 18 heavy (non-hydrogen) atoms. The van der Waals surface area contributed by atoms with Gasteiger partial charge in [0.05, 0.1) is 0 Å². The van der Waals surface area contributed by atoms with Crippen LogP contribution in [0.4, 0.5) is 8.78 Å². The number of rotatable bonds is 2.